The van der Waals surface area contributed by atoms with Gasteiger partial charge in [-0.05, 0) is 42.7 Å². The van der Waals surface area contributed by atoms with Crippen LogP contribution in [-0.4, -0.2) is 19.1 Å². The summed E-state index contributed by atoms with van der Waals surface area (Å²) in [5.41, 5.74) is 5.34. The summed E-state index contributed by atoms with van der Waals surface area (Å²) in [5, 5.41) is 2.71. The maximum absolute atomic E-state index is 12.5. The summed E-state index contributed by atoms with van der Waals surface area (Å²) < 4.78 is 8.20. The molecule has 1 aromatic heterocycles. The lowest BCUT2D eigenvalue weighted by Crippen LogP contribution is -2.31. The number of hydrogen-bond acceptors (Lipinski definition) is 3. The highest BCUT2D eigenvalue weighted by molar-refractivity contribution is 7.07. The smallest absolute Gasteiger partial charge is 0.224 e. The molecule has 4 nitrogen and oxygen atoms in total. The normalized spacial score (nSPS) is 11.1. The average molecular weight is 584 g/mol. The van der Waals surface area contributed by atoms with Crippen LogP contribution >= 0.6 is 22.9 Å². The van der Waals surface area contributed by atoms with Gasteiger partial charge in [-0.1, -0.05) is 119 Å². The third-order valence-corrected chi connectivity index (χ3v) is 8.38. The minimum Gasteiger partial charge on any atom is -0.492 e. The van der Waals surface area contributed by atoms with Gasteiger partial charge in [0.2, 0.25) is 11.4 Å². The van der Waals surface area contributed by atoms with E-state index in [1.165, 1.54) is 76.2 Å². The van der Waals surface area contributed by atoms with Gasteiger partial charge in [-0.2, -0.15) is 4.57 Å². The van der Waals surface area contributed by atoms with Crippen molar-refractivity contribution in [2.45, 2.75) is 104 Å². The third-order valence-electron chi connectivity index (χ3n) is 7.40. The van der Waals surface area contributed by atoms with Gasteiger partial charge in [0.15, 0.2) is 12.7 Å². The fourth-order valence-electron chi connectivity index (χ4n) is 4.99. The van der Waals surface area contributed by atoms with Gasteiger partial charge >= 0.3 is 0 Å². The largest absolute Gasteiger partial charge is 0.492 e. The summed E-state index contributed by atoms with van der Waals surface area (Å²) in [5.74, 6) is 0.782. The summed E-state index contributed by atoms with van der Waals surface area (Å²) in [4.78, 5) is 14.3. The molecule has 40 heavy (non-hydrogen) atoms. The van der Waals surface area contributed by atoms with E-state index >= 15 is 0 Å². The minimum atomic E-state index is 0.0392. The van der Waals surface area contributed by atoms with Gasteiger partial charge in [0.1, 0.15) is 5.75 Å². The van der Waals surface area contributed by atoms with Crippen LogP contribution < -0.4 is 14.2 Å². The fourth-order valence-corrected chi connectivity index (χ4v) is 5.76. The summed E-state index contributed by atoms with van der Waals surface area (Å²) in [6.45, 7) is 6.03. The molecule has 218 valence electrons. The molecule has 0 bridgehead atoms. The molecule has 1 amide bonds. The molecule has 0 N–H and O–H groups in total. The molecule has 3 aromatic rings. The number of amides is 1. The molecule has 0 aliphatic carbocycles. The Morgan fingerprint density at radius 3 is 2.10 bits per heavy atom. The van der Waals surface area contributed by atoms with Crippen LogP contribution in [0.5, 0.6) is 5.75 Å². The lowest BCUT2D eigenvalue weighted by Gasteiger charge is -2.21. The number of anilines is 1. The molecule has 0 unspecified atom stereocenters. The Morgan fingerprint density at radius 2 is 1.50 bits per heavy atom. The quantitative estimate of drug-likeness (QED) is 0.0980. The first-order valence-electron chi connectivity index (χ1n) is 15.3. The number of carbonyl (C=O) groups excluding carboxylic acids is 1. The molecule has 6 heteroatoms. The van der Waals surface area contributed by atoms with E-state index in [2.05, 4.69) is 40.7 Å². The first kappa shape index (κ1) is 32.1. The molecule has 0 aliphatic heterocycles. The van der Waals surface area contributed by atoms with Crippen molar-refractivity contribution in [3.63, 3.8) is 0 Å². The molecular formula is C34H48ClN2O2S+. The first-order valence-corrected chi connectivity index (χ1v) is 16.6. The number of hydrogen-bond donors (Lipinski definition) is 0. The molecule has 0 spiro atoms. The van der Waals surface area contributed by atoms with Crippen molar-refractivity contribution < 1.29 is 14.1 Å². The zero-order chi connectivity index (χ0) is 28.4. The lowest BCUT2D eigenvalue weighted by atomic mass is 10.1. The van der Waals surface area contributed by atoms with Crippen molar-refractivity contribution >= 4 is 34.5 Å². The van der Waals surface area contributed by atoms with E-state index in [1.807, 2.05) is 35.2 Å². The van der Waals surface area contributed by atoms with E-state index in [4.69, 9.17) is 16.3 Å². The van der Waals surface area contributed by atoms with Gasteiger partial charge in [0, 0.05) is 24.7 Å². The summed E-state index contributed by atoms with van der Waals surface area (Å²) in [7, 11) is 0. The summed E-state index contributed by atoms with van der Waals surface area (Å²) >= 11 is 8.11. The lowest BCUT2D eigenvalue weighted by molar-refractivity contribution is -0.683. The third kappa shape index (κ3) is 12.0. The number of unbranched alkanes of at least 4 members (excludes halogenated alkanes) is 11. The maximum Gasteiger partial charge on any atom is 0.224 e. The van der Waals surface area contributed by atoms with Gasteiger partial charge in [0.25, 0.3) is 0 Å². The number of halogens is 1. The Hall–Kier alpha value is -2.37. The minimum absolute atomic E-state index is 0.0392. The molecule has 0 radical (unpaired) electrons. The Bertz CT molecular complexity index is 1100. The van der Waals surface area contributed by atoms with Crippen molar-refractivity contribution in [3.05, 3.63) is 75.7 Å². The molecule has 0 atom stereocenters. The summed E-state index contributed by atoms with van der Waals surface area (Å²) in [6.07, 6.45) is 18.7. The van der Waals surface area contributed by atoms with Gasteiger partial charge < -0.3 is 9.64 Å². The highest BCUT2D eigenvalue weighted by Gasteiger charge is 2.13. The predicted molar refractivity (Wildman–Crippen MR) is 170 cm³/mol. The van der Waals surface area contributed by atoms with Crippen LogP contribution in [0.25, 0.3) is 0 Å². The second-order valence-electron chi connectivity index (χ2n) is 10.8. The first-order chi connectivity index (χ1) is 19.6. The van der Waals surface area contributed by atoms with E-state index in [9.17, 15) is 4.79 Å². The molecule has 0 fully saturated rings. The molecule has 2 aromatic carbocycles. The van der Waals surface area contributed by atoms with Gasteiger partial charge in [-0.25, -0.2) is 0 Å². The Balaban J connectivity index is 1.36. The molecule has 0 saturated heterocycles. The Morgan fingerprint density at radius 1 is 0.875 bits per heavy atom. The van der Waals surface area contributed by atoms with Crippen LogP contribution in [0.2, 0.25) is 5.02 Å². The van der Waals surface area contributed by atoms with Crippen LogP contribution in [0, 0.1) is 0 Å². The zero-order valence-electron chi connectivity index (χ0n) is 24.6. The van der Waals surface area contributed by atoms with Gasteiger partial charge in [-0.3, -0.25) is 4.79 Å². The molecular weight excluding hydrogens is 536 g/mol. The van der Waals surface area contributed by atoms with Gasteiger partial charge in [0.05, 0.1) is 17.0 Å². The average Bonchev–Trinajstić information content (AvgIpc) is 3.46. The second kappa shape index (κ2) is 18.9. The highest BCUT2D eigenvalue weighted by Crippen LogP contribution is 2.27. The number of ether oxygens (including phenoxy) is 1. The molecule has 0 saturated carbocycles. The molecule has 1 heterocycles. The predicted octanol–water partition coefficient (Wildman–Crippen LogP) is 9.41. The number of aromatic nitrogens is 1. The van der Waals surface area contributed by atoms with E-state index < -0.39 is 0 Å². The van der Waals surface area contributed by atoms with E-state index in [-0.39, 0.29) is 5.91 Å². The number of rotatable bonds is 20. The SMILES string of the molecule is CCCCCCCCCCCCCCOc1cc(CCN(C(C)=O)c2ccc(C[n+]3ccsc3)cc2)ccc1Cl. The van der Waals surface area contributed by atoms with E-state index in [0.717, 1.165) is 36.4 Å². The van der Waals surface area contributed by atoms with Crippen LogP contribution in [0.1, 0.15) is 102 Å². The zero-order valence-corrected chi connectivity index (χ0v) is 26.2. The van der Waals surface area contributed by atoms with Crippen LogP contribution in [-0.2, 0) is 17.8 Å². The van der Waals surface area contributed by atoms with Crippen LogP contribution in [0.4, 0.5) is 5.69 Å². The van der Waals surface area contributed by atoms with Crippen LogP contribution in [0.15, 0.2) is 59.6 Å². The number of nitrogens with zero attached hydrogens (tertiary/aromatic N) is 2. The Labute approximate surface area is 251 Å². The maximum atomic E-state index is 12.5. The van der Waals surface area contributed by atoms with Crippen molar-refractivity contribution in [1.29, 1.82) is 0 Å². The second-order valence-corrected chi connectivity index (χ2v) is 12.0. The number of benzene rings is 2. The van der Waals surface area contributed by atoms with Crippen molar-refractivity contribution in [2.24, 2.45) is 0 Å². The van der Waals surface area contributed by atoms with Crippen LogP contribution in [0.3, 0.4) is 0 Å². The topological polar surface area (TPSA) is 33.4 Å². The standard InChI is InChI=1S/C34H48ClN2O2S/c1-3-4-5-6-7-8-9-10-11-12-13-14-24-39-34-26-30(17-20-33(34)35)21-22-37(29(2)38)32-18-15-31(16-19-32)27-36-23-25-40-28-36/h15-20,23,25-26,28H,3-14,21-22,24,27H2,1-2H3/q+1. The van der Waals surface area contributed by atoms with Crippen molar-refractivity contribution in [2.75, 3.05) is 18.1 Å². The summed E-state index contributed by atoms with van der Waals surface area (Å²) in [6, 6.07) is 14.2. The van der Waals surface area contributed by atoms with Crippen molar-refractivity contribution in [1.82, 2.24) is 0 Å². The fraction of sp³-hybridized carbons (Fsp3) is 0.529. The molecule has 0 aliphatic rings. The number of carbonyl (C=O) groups is 1. The molecule has 3 rings (SSSR count). The van der Waals surface area contributed by atoms with Gasteiger partial charge in [-0.15, -0.1) is 0 Å². The van der Waals surface area contributed by atoms with E-state index in [1.54, 1.807) is 18.3 Å². The number of thiazole rings is 1. The Kier molecular flexibility index (Phi) is 15.2. The van der Waals surface area contributed by atoms with E-state index in [0.29, 0.717) is 18.2 Å². The highest BCUT2D eigenvalue weighted by atomic mass is 35.5. The van der Waals surface area contributed by atoms with Crippen molar-refractivity contribution in [3.8, 4) is 5.75 Å². The monoisotopic (exact) mass is 583 g/mol.